The highest BCUT2D eigenvalue weighted by molar-refractivity contribution is 8.24. The Kier molecular flexibility index (Phi) is 5.40. The molecule has 14 heavy (non-hydrogen) atoms. The van der Waals surface area contributed by atoms with E-state index in [0.29, 0.717) is 5.75 Å². The van der Waals surface area contributed by atoms with Crippen molar-refractivity contribution in [3.8, 4) is 0 Å². The van der Waals surface area contributed by atoms with Crippen LogP contribution < -0.4 is 0 Å². The molecule has 0 amide bonds. The molecular formula is C10H12O2S2. The highest BCUT2D eigenvalue weighted by atomic mass is 32.2. The number of aliphatic carboxylic acids is 1. The molecule has 0 unspecified atom stereocenters. The first-order valence-corrected chi connectivity index (χ1v) is 6.21. The molecule has 0 heterocycles. The molecule has 0 aromatic heterocycles. The molecule has 0 saturated heterocycles. The van der Waals surface area contributed by atoms with Gasteiger partial charge in [-0.2, -0.15) is 11.4 Å². The lowest BCUT2D eigenvalue weighted by atomic mass is 10.4. The van der Waals surface area contributed by atoms with Crippen molar-refractivity contribution in [3.63, 3.8) is 0 Å². The number of hydrogen-bond acceptors (Lipinski definition) is 2. The number of thioether (sulfide) groups is 1. The molecule has 1 aromatic carbocycles. The molecule has 0 aliphatic rings. The van der Waals surface area contributed by atoms with E-state index in [1.807, 2.05) is 22.9 Å². The van der Waals surface area contributed by atoms with Crippen LogP contribution in [0.3, 0.4) is 0 Å². The average molecular weight is 228 g/mol. The Labute approximate surface area is 91.3 Å². The number of thiol groups is 1. The number of rotatable bonds is 5. The molecular weight excluding hydrogens is 216 g/mol. The molecule has 0 bridgehead atoms. The zero-order valence-corrected chi connectivity index (χ0v) is 9.30. The number of carboxylic acids is 1. The van der Waals surface area contributed by atoms with Gasteiger partial charge in [0.15, 0.2) is 0 Å². The maximum atomic E-state index is 10.2. The summed E-state index contributed by atoms with van der Waals surface area (Å²) in [6.07, 6.45) is 0.228. The van der Waals surface area contributed by atoms with Crippen molar-refractivity contribution in [2.75, 3.05) is 5.75 Å². The van der Waals surface area contributed by atoms with Crippen LogP contribution in [0.2, 0.25) is 0 Å². The maximum absolute atomic E-state index is 10.2. The van der Waals surface area contributed by atoms with Gasteiger partial charge in [-0.05, 0) is 21.7 Å². The predicted octanol–water partition coefficient (Wildman–Crippen LogP) is 2.48. The van der Waals surface area contributed by atoms with Gasteiger partial charge in [0, 0.05) is 5.75 Å². The van der Waals surface area contributed by atoms with E-state index in [1.54, 1.807) is 11.8 Å². The third-order valence-corrected chi connectivity index (χ3v) is 3.52. The lowest BCUT2D eigenvalue weighted by Crippen LogP contribution is -1.95. The minimum atomic E-state index is -0.734. The fourth-order valence-corrected chi connectivity index (χ4v) is 2.65. The molecule has 0 aliphatic carbocycles. The van der Waals surface area contributed by atoms with Gasteiger partial charge in [0.05, 0.1) is 6.42 Å². The van der Waals surface area contributed by atoms with Crippen molar-refractivity contribution in [2.24, 2.45) is 0 Å². The van der Waals surface area contributed by atoms with Crippen LogP contribution in [-0.4, -0.2) is 21.5 Å². The average Bonchev–Trinajstić information content (AvgIpc) is 2.18. The van der Waals surface area contributed by atoms with Crippen molar-refractivity contribution in [1.29, 1.82) is 0 Å². The zero-order chi connectivity index (χ0) is 10.2. The zero-order valence-electron chi connectivity index (χ0n) is 7.59. The lowest BCUT2D eigenvalue weighted by Gasteiger charge is -1.92. The second-order valence-corrected chi connectivity index (χ2v) is 4.94. The standard InChI is InChI=1S/C10H12O2S2/c11-10(12)6-7-13-8-14-9-4-2-1-3-5-9/h1-5,8,14H,6-7H2,(H,11,12). The molecule has 0 fully saturated rings. The van der Waals surface area contributed by atoms with Crippen LogP contribution in [0.4, 0.5) is 0 Å². The highest BCUT2D eigenvalue weighted by Gasteiger charge is 1.93. The molecule has 76 valence electrons. The van der Waals surface area contributed by atoms with Crippen LogP contribution in [0.1, 0.15) is 6.42 Å². The van der Waals surface area contributed by atoms with E-state index in [1.165, 1.54) is 4.90 Å². The normalized spacial score (nSPS) is 11.1. The number of carboxylic acid groups (broad SMARTS) is 1. The van der Waals surface area contributed by atoms with E-state index < -0.39 is 5.97 Å². The van der Waals surface area contributed by atoms with Gasteiger partial charge in [-0.15, -0.1) is 11.8 Å². The minimum Gasteiger partial charge on any atom is -0.481 e. The Bertz CT molecular complexity index is 309. The van der Waals surface area contributed by atoms with Gasteiger partial charge in [0.2, 0.25) is 0 Å². The monoisotopic (exact) mass is 228 g/mol. The van der Waals surface area contributed by atoms with E-state index in [4.69, 9.17) is 5.11 Å². The van der Waals surface area contributed by atoms with Crippen LogP contribution >= 0.6 is 23.1 Å². The number of hydrogen-bond donors (Lipinski definition) is 2. The van der Waals surface area contributed by atoms with Gasteiger partial charge in [-0.25, -0.2) is 0 Å². The van der Waals surface area contributed by atoms with Crippen molar-refractivity contribution in [2.45, 2.75) is 11.3 Å². The quantitative estimate of drug-likeness (QED) is 0.462. The van der Waals surface area contributed by atoms with Crippen LogP contribution in [0, 0.1) is 0 Å². The van der Waals surface area contributed by atoms with Crippen LogP contribution in [0.15, 0.2) is 35.2 Å². The summed E-state index contributed by atoms with van der Waals surface area (Å²) in [6.45, 7) is 0. The minimum absolute atomic E-state index is 0.228. The van der Waals surface area contributed by atoms with E-state index in [2.05, 4.69) is 12.1 Å². The van der Waals surface area contributed by atoms with Crippen molar-refractivity contribution in [3.05, 3.63) is 30.3 Å². The lowest BCUT2D eigenvalue weighted by molar-refractivity contribution is -0.136. The second-order valence-electron chi connectivity index (χ2n) is 2.58. The summed E-state index contributed by atoms with van der Waals surface area (Å²) in [7, 11) is 0. The molecule has 0 atom stereocenters. The molecule has 1 aromatic rings. The Hall–Kier alpha value is -0.740. The summed E-state index contributed by atoms with van der Waals surface area (Å²) < 4.78 is 2.03. The predicted molar refractivity (Wildman–Crippen MR) is 64.5 cm³/mol. The SMILES string of the molecule is O=C(O)CCSC=[SH]c1ccccc1. The first-order valence-electron chi connectivity index (χ1n) is 4.20. The van der Waals surface area contributed by atoms with Crippen molar-refractivity contribution >= 4 is 33.8 Å². The molecule has 4 heteroatoms. The topological polar surface area (TPSA) is 37.3 Å². The molecule has 0 spiro atoms. The molecule has 0 saturated carbocycles. The van der Waals surface area contributed by atoms with Gasteiger partial charge in [-0.1, -0.05) is 18.2 Å². The Morgan fingerprint density at radius 1 is 1.43 bits per heavy atom. The molecule has 1 N–H and O–H groups in total. The summed E-state index contributed by atoms with van der Waals surface area (Å²) in [5.41, 5.74) is 0. The number of benzene rings is 1. The summed E-state index contributed by atoms with van der Waals surface area (Å²) in [6, 6.07) is 10.1. The van der Waals surface area contributed by atoms with Crippen molar-refractivity contribution < 1.29 is 9.90 Å². The molecule has 0 radical (unpaired) electrons. The third kappa shape index (κ3) is 5.09. The van der Waals surface area contributed by atoms with Crippen LogP contribution in [0.5, 0.6) is 0 Å². The second kappa shape index (κ2) is 6.68. The van der Waals surface area contributed by atoms with Gasteiger partial charge in [-0.3, -0.25) is 4.79 Å². The fraction of sp³-hybridized carbons (Fsp3) is 0.200. The van der Waals surface area contributed by atoms with E-state index in [-0.39, 0.29) is 6.42 Å². The summed E-state index contributed by atoms with van der Waals surface area (Å²) >= 11 is 2.69. The molecule has 2 nitrogen and oxygen atoms in total. The third-order valence-electron chi connectivity index (χ3n) is 1.47. The van der Waals surface area contributed by atoms with Gasteiger partial charge < -0.3 is 5.11 Å². The van der Waals surface area contributed by atoms with E-state index >= 15 is 0 Å². The molecule has 1 rings (SSSR count). The highest BCUT2D eigenvalue weighted by Crippen LogP contribution is 2.11. The van der Waals surface area contributed by atoms with Crippen LogP contribution in [0.25, 0.3) is 0 Å². The summed E-state index contributed by atoms with van der Waals surface area (Å²) in [4.78, 5) is 11.4. The smallest absolute Gasteiger partial charge is 0.304 e. The van der Waals surface area contributed by atoms with Crippen LogP contribution in [-0.2, 0) is 4.79 Å². The maximum Gasteiger partial charge on any atom is 0.304 e. The van der Waals surface area contributed by atoms with Gasteiger partial charge in [0.1, 0.15) is 0 Å². The van der Waals surface area contributed by atoms with E-state index in [0.717, 1.165) is 11.4 Å². The Morgan fingerprint density at radius 2 is 2.14 bits per heavy atom. The fourth-order valence-electron chi connectivity index (χ4n) is 0.811. The summed E-state index contributed by atoms with van der Waals surface area (Å²) in [5.74, 6) is -0.0860. The summed E-state index contributed by atoms with van der Waals surface area (Å²) in [5, 5.41) is 8.40. The van der Waals surface area contributed by atoms with Crippen molar-refractivity contribution in [1.82, 2.24) is 0 Å². The number of carbonyl (C=O) groups is 1. The van der Waals surface area contributed by atoms with Gasteiger partial charge in [0.25, 0.3) is 0 Å². The largest absolute Gasteiger partial charge is 0.481 e. The Morgan fingerprint density at radius 3 is 2.79 bits per heavy atom. The molecule has 0 aliphatic heterocycles. The first-order chi connectivity index (χ1) is 6.79. The Balaban J connectivity index is 2.25. The van der Waals surface area contributed by atoms with Gasteiger partial charge >= 0.3 is 5.97 Å². The first kappa shape index (κ1) is 11.3. The van der Waals surface area contributed by atoms with E-state index in [9.17, 15) is 4.79 Å².